The van der Waals surface area contributed by atoms with Gasteiger partial charge in [0.1, 0.15) is 6.04 Å². The Morgan fingerprint density at radius 2 is 1.81 bits per heavy atom. The van der Waals surface area contributed by atoms with Gasteiger partial charge in [0.2, 0.25) is 21.8 Å². The molecule has 0 aliphatic carbocycles. The lowest BCUT2D eigenvalue weighted by Crippen LogP contribution is -2.52. The molecule has 2 rings (SSSR count). The summed E-state index contributed by atoms with van der Waals surface area (Å²) in [5.74, 6) is -0.314. The molecule has 2 atom stereocenters. The second-order valence-electron chi connectivity index (χ2n) is 7.51. The lowest BCUT2D eigenvalue weighted by molar-refractivity contribution is -0.138. The van der Waals surface area contributed by atoms with Gasteiger partial charge < -0.3 is 10.2 Å². The van der Waals surface area contributed by atoms with Crippen molar-refractivity contribution in [2.24, 2.45) is 5.92 Å². The molecular formula is C18H33N3O4S. The lowest BCUT2D eigenvalue weighted by atomic mass is 9.96. The zero-order valence-electron chi connectivity index (χ0n) is 16.1. The number of rotatable bonds is 8. The molecular weight excluding hydrogens is 354 g/mol. The molecule has 0 saturated carbocycles. The SMILES string of the molecule is CCCCCCNC(=O)C1CCCN(C(=O)C2CCCN2S(C)(=O)=O)C1. The van der Waals surface area contributed by atoms with Crippen LogP contribution in [0.5, 0.6) is 0 Å². The highest BCUT2D eigenvalue weighted by Gasteiger charge is 2.40. The summed E-state index contributed by atoms with van der Waals surface area (Å²) in [6.07, 6.45) is 8.45. The average molecular weight is 388 g/mol. The van der Waals surface area contributed by atoms with Crippen LogP contribution in [-0.2, 0) is 19.6 Å². The van der Waals surface area contributed by atoms with Crippen LogP contribution in [0.1, 0.15) is 58.3 Å². The van der Waals surface area contributed by atoms with Gasteiger partial charge in [-0.2, -0.15) is 4.31 Å². The van der Waals surface area contributed by atoms with Crippen molar-refractivity contribution in [3.63, 3.8) is 0 Å². The third-order valence-electron chi connectivity index (χ3n) is 5.35. The fraction of sp³-hybridized carbons (Fsp3) is 0.889. The van der Waals surface area contributed by atoms with Crippen molar-refractivity contribution < 1.29 is 18.0 Å². The Morgan fingerprint density at radius 3 is 2.50 bits per heavy atom. The van der Waals surface area contributed by atoms with Crippen LogP contribution >= 0.6 is 0 Å². The summed E-state index contributed by atoms with van der Waals surface area (Å²) < 4.78 is 25.1. The molecule has 7 nitrogen and oxygen atoms in total. The predicted octanol–water partition coefficient (Wildman–Crippen LogP) is 1.35. The second kappa shape index (κ2) is 9.69. The minimum atomic E-state index is -3.38. The highest BCUT2D eigenvalue weighted by molar-refractivity contribution is 7.88. The van der Waals surface area contributed by atoms with Crippen LogP contribution in [0, 0.1) is 5.92 Å². The molecule has 2 heterocycles. The van der Waals surface area contributed by atoms with E-state index in [4.69, 9.17) is 0 Å². The molecule has 0 aromatic carbocycles. The first-order chi connectivity index (χ1) is 12.3. The number of sulfonamides is 1. The van der Waals surface area contributed by atoms with E-state index < -0.39 is 16.1 Å². The van der Waals surface area contributed by atoms with Crippen LogP contribution in [0.15, 0.2) is 0 Å². The largest absolute Gasteiger partial charge is 0.356 e. The van der Waals surface area contributed by atoms with Crippen molar-refractivity contribution in [2.75, 3.05) is 32.4 Å². The number of unbranched alkanes of at least 4 members (excludes halogenated alkanes) is 3. The quantitative estimate of drug-likeness (QED) is 0.637. The number of nitrogens with one attached hydrogen (secondary N) is 1. The number of carbonyl (C=O) groups is 2. The van der Waals surface area contributed by atoms with Crippen LogP contribution in [0.3, 0.4) is 0 Å². The zero-order valence-corrected chi connectivity index (χ0v) is 16.9. The maximum atomic E-state index is 12.8. The van der Waals surface area contributed by atoms with Crippen LogP contribution in [0.25, 0.3) is 0 Å². The minimum Gasteiger partial charge on any atom is -0.356 e. The molecule has 2 aliphatic heterocycles. The van der Waals surface area contributed by atoms with E-state index >= 15 is 0 Å². The fourth-order valence-electron chi connectivity index (χ4n) is 3.89. The van der Waals surface area contributed by atoms with E-state index in [1.807, 2.05) is 0 Å². The fourth-order valence-corrected chi connectivity index (χ4v) is 5.01. The van der Waals surface area contributed by atoms with Crippen LogP contribution in [0.4, 0.5) is 0 Å². The highest BCUT2D eigenvalue weighted by atomic mass is 32.2. The van der Waals surface area contributed by atoms with Gasteiger partial charge in [-0.05, 0) is 32.1 Å². The van der Waals surface area contributed by atoms with Crippen molar-refractivity contribution in [1.29, 1.82) is 0 Å². The molecule has 2 unspecified atom stereocenters. The predicted molar refractivity (Wildman–Crippen MR) is 101 cm³/mol. The van der Waals surface area contributed by atoms with E-state index in [9.17, 15) is 18.0 Å². The number of piperidine rings is 1. The molecule has 0 aromatic rings. The molecule has 2 amide bonds. The summed E-state index contributed by atoms with van der Waals surface area (Å²) in [6, 6.07) is -0.596. The molecule has 150 valence electrons. The van der Waals surface area contributed by atoms with E-state index in [1.165, 1.54) is 17.1 Å². The van der Waals surface area contributed by atoms with Gasteiger partial charge in [-0.1, -0.05) is 26.2 Å². The highest BCUT2D eigenvalue weighted by Crippen LogP contribution is 2.25. The molecule has 26 heavy (non-hydrogen) atoms. The third kappa shape index (κ3) is 5.67. The van der Waals surface area contributed by atoms with Crippen LogP contribution < -0.4 is 5.32 Å². The normalized spacial score (nSPS) is 24.6. The summed E-state index contributed by atoms with van der Waals surface area (Å²) in [6.45, 7) is 4.25. The maximum Gasteiger partial charge on any atom is 0.241 e. The van der Waals surface area contributed by atoms with Crippen LogP contribution in [0.2, 0.25) is 0 Å². The zero-order chi connectivity index (χ0) is 19.2. The van der Waals surface area contributed by atoms with Crippen LogP contribution in [-0.4, -0.2) is 67.9 Å². The summed E-state index contributed by atoms with van der Waals surface area (Å²) in [5, 5.41) is 2.99. The van der Waals surface area contributed by atoms with E-state index in [0.717, 1.165) is 31.9 Å². The Labute approximate surface area is 157 Å². The average Bonchev–Trinajstić information content (AvgIpc) is 3.11. The van der Waals surface area contributed by atoms with Gasteiger partial charge in [-0.3, -0.25) is 9.59 Å². The van der Waals surface area contributed by atoms with Gasteiger partial charge in [-0.25, -0.2) is 8.42 Å². The van der Waals surface area contributed by atoms with Crippen molar-refractivity contribution >= 4 is 21.8 Å². The molecule has 2 saturated heterocycles. The topological polar surface area (TPSA) is 86.8 Å². The Morgan fingerprint density at radius 1 is 1.08 bits per heavy atom. The Bertz CT molecular complexity index is 593. The van der Waals surface area contributed by atoms with Gasteiger partial charge in [0, 0.05) is 26.2 Å². The van der Waals surface area contributed by atoms with Crippen molar-refractivity contribution in [3.8, 4) is 0 Å². The van der Waals surface area contributed by atoms with E-state index in [-0.39, 0.29) is 17.7 Å². The third-order valence-corrected chi connectivity index (χ3v) is 6.64. The summed E-state index contributed by atoms with van der Waals surface area (Å²) >= 11 is 0. The minimum absolute atomic E-state index is 0.0189. The van der Waals surface area contributed by atoms with E-state index in [2.05, 4.69) is 12.2 Å². The smallest absolute Gasteiger partial charge is 0.241 e. The summed E-state index contributed by atoms with van der Waals surface area (Å²) in [7, 11) is -3.38. The Hall–Kier alpha value is -1.15. The van der Waals surface area contributed by atoms with Gasteiger partial charge in [0.15, 0.2) is 0 Å². The standard InChI is InChI=1S/C18H33N3O4S/c1-3-4-5-6-11-19-17(22)15-9-7-12-20(14-15)18(23)16-10-8-13-21(16)26(2,24)25/h15-16H,3-14H2,1-2H3,(H,19,22). The van der Waals surface area contributed by atoms with E-state index in [1.54, 1.807) is 4.90 Å². The molecule has 1 N–H and O–H groups in total. The number of amides is 2. The first-order valence-electron chi connectivity index (χ1n) is 9.88. The second-order valence-corrected chi connectivity index (χ2v) is 9.44. The number of likely N-dealkylation sites (tertiary alicyclic amines) is 1. The molecule has 2 fully saturated rings. The van der Waals surface area contributed by atoms with Gasteiger partial charge in [0.05, 0.1) is 12.2 Å². The number of hydrogen-bond donors (Lipinski definition) is 1. The number of carbonyl (C=O) groups excluding carboxylic acids is 2. The Kier molecular flexibility index (Phi) is 7.88. The summed E-state index contributed by atoms with van der Waals surface area (Å²) in [5.41, 5.74) is 0. The molecule has 0 spiro atoms. The van der Waals surface area contributed by atoms with Gasteiger partial charge >= 0.3 is 0 Å². The molecule has 0 aromatic heterocycles. The first-order valence-corrected chi connectivity index (χ1v) is 11.7. The first kappa shape index (κ1) is 21.2. The lowest BCUT2D eigenvalue weighted by Gasteiger charge is -2.35. The molecule has 8 heteroatoms. The monoisotopic (exact) mass is 387 g/mol. The van der Waals surface area contributed by atoms with Gasteiger partial charge in [0.25, 0.3) is 0 Å². The number of nitrogens with zero attached hydrogens (tertiary/aromatic N) is 2. The van der Waals surface area contributed by atoms with Crippen molar-refractivity contribution in [1.82, 2.24) is 14.5 Å². The van der Waals surface area contributed by atoms with Crippen molar-refractivity contribution in [3.05, 3.63) is 0 Å². The van der Waals surface area contributed by atoms with Crippen molar-refractivity contribution in [2.45, 2.75) is 64.3 Å². The molecule has 0 radical (unpaired) electrons. The summed E-state index contributed by atoms with van der Waals surface area (Å²) in [4.78, 5) is 26.9. The van der Waals surface area contributed by atoms with Gasteiger partial charge in [-0.15, -0.1) is 0 Å². The number of hydrogen-bond acceptors (Lipinski definition) is 4. The maximum absolute atomic E-state index is 12.8. The van der Waals surface area contributed by atoms with E-state index in [0.29, 0.717) is 39.0 Å². The molecule has 2 aliphatic rings. The Balaban J connectivity index is 1.87. The molecule has 0 bridgehead atoms.